The van der Waals surface area contributed by atoms with Crippen LogP contribution in [0.15, 0.2) is 66.7 Å². The molecule has 0 atom stereocenters. The van der Waals surface area contributed by atoms with Crippen LogP contribution in [0.3, 0.4) is 0 Å². The van der Waals surface area contributed by atoms with Gasteiger partial charge >= 0.3 is 6.18 Å². The van der Waals surface area contributed by atoms with Crippen molar-refractivity contribution in [2.24, 2.45) is 0 Å². The predicted molar refractivity (Wildman–Crippen MR) is 147 cm³/mol. The van der Waals surface area contributed by atoms with Gasteiger partial charge in [0.25, 0.3) is 11.8 Å². The fraction of sp³-hybridized carbons (Fsp3) is 0.310. The summed E-state index contributed by atoms with van der Waals surface area (Å²) in [6.45, 7) is 3.26. The predicted octanol–water partition coefficient (Wildman–Crippen LogP) is 4.67. The molecule has 2 amide bonds. The molecule has 0 aliphatic carbocycles. The highest BCUT2D eigenvalue weighted by molar-refractivity contribution is 6.06. The molecule has 2 N–H and O–H groups in total. The molecule has 0 bridgehead atoms. The highest BCUT2D eigenvalue weighted by Gasteiger charge is 2.31. The first kappa shape index (κ1) is 28.8. The van der Waals surface area contributed by atoms with Crippen LogP contribution in [0.25, 0.3) is 0 Å². The van der Waals surface area contributed by atoms with Crippen molar-refractivity contribution in [2.45, 2.75) is 6.18 Å². The summed E-state index contributed by atoms with van der Waals surface area (Å²) in [5.74, 6) is -0.278. The Labute approximate surface area is 230 Å². The number of carbonyl (C=O) groups excluding carboxylic acids is 2. The Morgan fingerprint density at radius 2 is 1.55 bits per heavy atom. The lowest BCUT2D eigenvalue weighted by Gasteiger charge is -2.38. The molecule has 4 rings (SSSR count). The van der Waals surface area contributed by atoms with Crippen molar-refractivity contribution in [3.05, 3.63) is 83.4 Å². The summed E-state index contributed by atoms with van der Waals surface area (Å²) in [4.78, 5) is 30.2. The van der Waals surface area contributed by atoms with E-state index in [1.807, 2.05) is 24.3 Å². The highest BCUT2D eigenvalue weighted by Crippen LogP contribution is 2.32. The summed E-state index contributed by atoms with van der Waals surface area (Å²) in [5.41, 5.74) is 1.25. The Morgan fingerprint density at radius 3 is 2.23 bits per heavy atom. The van der Waals surface area contributed by atoms with Crippen molar-refractivity contribution < 1.29 is 32.2 Å². The summed E-state index contributed by atoms with van der Waals surface area (Å²) in [7, 11) is 3.17. The van der Waals surface area contributed by atoms with Crippen LogP contribution in [-0.4, -0.2) is 65.4 Å². The normalized spacial score (nSPS) is 13.6. The Kier molecular flexibility index (Phi) is 9.15. The number of alkyl halides is 3. The van der Waals surface area contributed by atoms with E-state index in [1.54, 1.807) is 19.2 Å². The van der Waals surface area contributed by atoms with Crippen LogP contribution in [0.4, 0.5) is 30.2 Å². The Morgan fingerprint density at radius 1 is 0.850 bits per heavy atom. The zero-order valence-corrected chi connectivity index (χ0v) is 22.3. The lowest BCUT2D eigenvalue weighted by Crippen LogP contribution is -2.47. The molecule has 1 aliphatic heterocycles. The van der Waals surface area contributed by atoms with E-state index in [2.05, 4.69) is 20.4 Å². The number of amides is 2. The molecular weight excluding hydrogens is 525 g/mol. The SMILES string of the molecule is COCCNC(=O)c1cc(NC(=O)c2cccc(C(F)(F)F)c2)ccc1N1CCN(c2ccccc2OC)CC1. The molecule has 212 valence electrons. The molecule has 1 saturated heterocycles. The molecule has 0 saturated carbocycles. The van der Waals surface area contributed by atoms with Gasteiger partial charge in [0.2, 0.25) is 0 Å². The molecule has 40 heavy (non-hydrogen) atoms. The van der Waals surface area contributed by atoms with Crippen molar-refractivity contribution >= 4 is 28.9 Å². The van der Waals surface area contributed by atoms with E-state index in [0.29, 0.717) is 44.0 Å². The molecule has 0 unspecified atom stereocenters. The summed E-state index contributed by atoms with van der Waals surface area (Å²) in [6.07, 6.45) is -4.57. The Balaban J connectivity index is 1.54. The fourth-order valence-electron chi connectivity index (χ4n) is 4.55. The van der Waals surface area contributed by atoms with E-state index >= 15 is 0 Å². The number of ether oxygens (including phenoxy) is 2. The van der Waals surface area contributed by atoms with Gasteiger partial charge in [-0.05, 0) is 48.5 Å². The quantitative estimate of drug-likeness (QED) is 0.373. The van der Waals surface area contributed by atoms with Gasteiger partial charge < -0.3 is 29.9 Å². The van der Waals surface area contributed by atoms with Crippen LogP contribution in [0.5, 0.6) is 5.75 Å². The molecule has 3 aromatic rings. The van der Waals surface area contributed by atoms with Gasteiger partial charge in [0.1, 0.15) is 5.75 Å². The van der Waals surface area contributed by atoms with Crippen LogP contribution in [0.2, 0.25) is 0 Å². The second-order valence-electron chi connectivity index (χ2n) is 9.16. The number of nitrogens with zero attached hydrogens (tertiary/aromatic N) is 2. The van der Waals surface area contributed by atoms with Gasteiger partial charge in [-0.15, -0.1) is 0 Å². The molecule has 1 fully saturated rings. The van der Waals surface area contributed by atoms with Crippen molar-refractivity contribution in [1.29, 1.82) is 0 Å². The Hall–Kier alpha value is -4.25. The molecular formula is C29H31F3N4O4. The fourth-order valence-corrected chi connectivity index (χ4v) is 4.55. The number of rotatable bonds is 9. The molecule has 8 nitrogen and oxygen atoms in total. The minimum absolute atomic E-state index is 0.141. The second kappa shape index (κ2) is 12.7. The largest absolute Gasteiger partial charge is 0.495 e. The van der Waals surface area contributed by atoms with Crippen LogP contribution >= 0.6 is 0 Å². The number of hydrogen-bond donors (Lipinski definition) is 2. The standard InChI is InChI=1S/C29H31F3N4O4/c1-39-17-12-33-28(38)23-19-22(34-27(37)20-6-5-7-21(18-20)29(30,31)32)10-11-24(23)35-13-15-36(16-14-35)25-8-3-4-9-26(25)40-2/h3-11,18-19H,12-17H2,1-2H3,(H,33,38)(H,34,37). The third-order valence-electron chi connectivity index (χ3n) is 6.59. The van der Waals surface area contributed by atoms with Gasteiger partial charge in [-0.25, -0.2) is 0 Å². The van der Waals surface area contributed by atoms with Crippen LogP contribution in [0, 0.1) is 0 Å². The topological polar surface area (TPSA) is 83.1 Å². The maximum atomic E-state index is 13.2. The van der Waals surface area contributed by atoms with E-state index in [4.69, 9.17) is 9.47 Å². The Bertz CT molecular complexity index is 1340. The molecule has 0 aromatic heterocycles. The minimum atomic E-state index is -4.57. The smallest absolute Gasteiger partial charge is 0.416 e. The van der Waals surface area contributed by atoms with Crippen LogP contribution < -0.4 is 25.2 Å². The summed E-state index contributed by atoms with van der Waals surface area (Å²) in [6, 6.07) is 16.9. The van der Waals surface area contributed by atoms with Gasteiger partial charge in [0, 0.05) is 56.8 Å². The van der Waals surface area contributed by atoms with Gasteiger partial charge in [0.15, 0.2) is 0 Å². The molecule has 1 heterocycles. The number of halogens is 3. The number of benzene rings is 3. The number of piperazine rings is 1. The van der Waals surface area contributed by atoms with Gasteiger partial charge in [-0.2, -0.15) is 13.2 Å². The number of nitrogens with one attached hydrogen (secondary N) is 2. The van der Waals surface area contributed by atoms with E-state index in [-0.39, 0.29) is 23.7 Å². The van der Waals surface area contributed by atoms with Crippen LogP contribution in [0.1, 0.15) is 26.3 Å². The maximum absolute atomic E-state index is 13.2. The van der Waals surface area contributed by atoms with E-state index in [9.17, 15) is 22.8 Å². The van der Waals surface area contributed by atoms with Gasteiger partial charge in [-0.3, -0.25) is 9.59 Å². The first-order chi connectivity index (χ1) is 19.2. The molecule has 11 heteroatoms. The summed E-state index contributed by atoms with van der Waals surface area (Å²) in [5, 5.41) is 5.43. The van der Waals surface area contributed by atoms with Gasteiger partial charge in [0.05, 0.1) is 30.5 Å². The van der Waals surface area contributed by atoms with Crippen molar-refractivity contribution in [2.75, 3.05) is 68.7 Å². The van der Waals surface area contributed by atoms with Crippen LogP contribution in [-0.2, 0) is 10.9 Å². The number of methoxy groups -OCH3 is 2. The number of hydrogen-bond acceptors (Lipinski definition) is 6. The lowest BCUT2D eigenvalue weighted by atomic mass is 10.1. The lowest BCUT2D eigenvalue weighted by molar-refractivity contribution is -0.137. The van der Waals surface area contributed by atoms with Crippen molar-refractivity contribution in [3.8, 4) is 5.75 Å². The van der Waals surface area contributed by atoms with E-state index in [0.717, 1.165) is 23.6 Å². The molecule has 0 spiro atoms. The highest BCUT2D eigenvalue weighted by atomic mass is 19.4. The maximum Gasteiger partial charge on any atom is 0.416 e. The minimum Gasteiger partial charge on any atom is -0.495 e. The monoisotopic (exact) mass is 556 g/mol. The van der Waals surface area contributed by atoms with Crippen molar-refractivity contribution in [1.82, 2.24) is 5.32 Å². The third-order valence-corrected chi connectivity index (χ3v) is 6.59. The zero-order valence-electron chi connectivity index (χ0n) is 22.3. The van der Waals surface area contributed by atoms with E-state index in [1.165, 1.54) is 25.3 Å². The molecule has 0 radical (unpaired) electrons. The first-order valence-corrected chi connectivity index (χ1v) is 12.7. The summed E-state index contributed by atoms with van der Waals surface area (Å²) < 4.78 is 49.9. The van der Waals surface area contributed by atoms with E-state index < -0.39 is 17.6 Å². The average Bonchev–Trinajstić information content (AvgIpc) is 2.97. The third kappa shape index (κ3) is 6.84. The second-order valence-corrected chi connectivity index (χ2v) is 9.16. The summed E-state index contributed by atoms with van der Waals surface area (Å²) >= 11 is 0. The average molecular weight is 557 g/mol. The number of para-hydroxylation sites is 2. The zero-order chi connectivity index (χ0) is 28.7. The van der Waals surface area contributed by atoms with Gasteiger partial charge in [-0.1, -0.05) is 18.2 Å². The molecule has 3 aromatic carbocycles. The molecule has 1 aliphatic rings. The number of anilines is 3. The number of carbonyl (C=O) groups is 2. The van der Waals surface area contributed by atoms with Crippen molar-refractivity contribution in [3.63, 3.8) is 0 Å². The first-order valence-electron chi connectivity index (χ1n) is 12.7.